The molecule has 0 spiro atoms. The Labute approximate surface area is 246 Å². The molecule has 0 saturated heterocycles. The number of phenols is 1. The lowest BCUT2D eigenvalue weighted by molar-refractivity contribution is 0.472. The average molecular weight is 593 g/mol. The van der Waals surface area contributed by atoms with Gasteiger partial charge in [-0.05, 0) is 91.2 Å². The highest BCUT2D eigenvalue weighted by atomic mass is 32.2. The molecule has 0 aromatic heterocycles. The third kappa shape index (κ3) is 7.22. The van der Waals surface area contributed by atoms with Crippen LogP contribution in [0.5, 0.6) is 5.75 Å². The second-order valence-corrected chi connectivity index (χ2v) is 10.6. The summed E-state index contributed by atoms with van der Waals surface area (Å²) in [6.07, 6.45) is 0. The number of benzene rings is 5. The summed E-state index contributed by atoms with van der Waals surface area (Å²) in [5.41, 5.74) is 4.08. The van der Waals surface area contributed by atoms with E-state index in [-0.39, 0.29) is 5.69 Å². The van der Waals surface area contributed by atoms with E-state index in [0.717, 1.165) is 11.3 Å². The van der Waals surface area contributed by atoms with E-state index in [2.05, 4.69) is 40.9 Å². The lowest BCUT2D eigenvalue weighted by Gasteiger charge is -2.09. The fraction of sp³-hybridized carbons (Fsp3) is 0.0667. The van der Waals surface area contributed by atoms with Gasteiger partial charge in [-0.3, -0.25) is 4.55 Å². The number of hydrogen-bond donors (Lipinski definition) is 2. The topological polar surface area (TPSA) is 173 Å². The van der Waals surface area contributed by atoms with Crippen molar-refractivity contribution in [3.63, 3.8) is 0 Å². The van der Waals surface area contributed by atoms with Crippen molar-refractivity contribution < 1.29 is 18.1 Å². The molecule has 0 unspecified atom stereocenters. The van der Waals surface area contributed by atoms with Crippen LogP contribution in [0.3, 0.4) is 0 Å². The third-order valence-corrected chi connectivity index (χ3v) is 6.94. The van der Waals surface area contributed by atoms with E-state index < -0.39 is 20.8 Å². The molecular formula is C30H24N8O4S. The molecule has 0 heterocycles. The van der Waals surface area contributed by atoms with Crippen LogP contribution >= 0.6 is 0 Å². The largest absolute Gasteiger partial charge is 0.505 e. The maximum Gasteiger partial charge on any atom is 0.296 e. The van der Waals surface area contributed by atoms with Crippen LogP contribution in [-0.2, 0) is 10.1 Å². The summed E-state index contributed by atoms with van der Waals surface area (Å²) < 4.78 is 33.8. The van der Waals surface area contributed by atoms with E-state index >= 15 is 0 Å². The van der Waals surface area contributed by atoms with E-state index in [9.17, 15) is 18.1 Å². The highest BCUT2D eigenvalue weighted by molar-refractivity contribution is 7.86. The summed E-state index contributed by atoms with van der Waals surface area (Å²) in [5.74, 6) is -0.402. The fourth-order valence-electron chi connectivity index (χ4n) is 3.98. The van der Waals surface area contributed by atoms with Gasteiger partial charge in [0.1, 0.15) is 10.6 Å². The van der Waals surface area contributed by atoms with Crippen LogP contribution in [0.1, 0.15) is 5.56 Å². The van der Waals surface area contributed by atoms with E-state index in [0.29, 0.717) is 39.2 Å². The standard InChI is InChI=1S/C30H24N8O4S/c1-19-3-16-27-20(17-19)18-28(43(40,41)42)29(30(27)39)38-37-26-14-12-25(13-15-26)36-35-24-10-8-23(9-11-24)34-33-22-6-4-21(5-7-22)32-31-2/h3-18,39H,1-2H3,(H,40,41,42). The third-order valence-electron chi connectivity index (χ3n) is 6.08. The Kier molecular flexibility index (Phi) is 8.46. The van der Waals surface area contributed by atoms with E-state index in [1.807, 2.05) is 6.92 Å². The van der Waals surface area contributed by atoms with Gasteiger partial charge in [-0.1, -0.05) is 23.8 Å². The zero-order valence-corrected chi connectivity index (χ0v) is 23.8. The van der Waals surface area contributed by atoms with Crippen molar-refractivity contribution in [1.82, 2.24) is 0 Å². The number of azo groups is 4. The number of aryl methyl sites for hydroxylation is 1. The molecule has 5 aromatic carbocycles. The van der Waals surface area contributed by atoms with E-state index in [1.165, 1.54) is 6.07 Å². The summed E-state index contributed by atoms with van der Waals surface area (Å²) in [7, 11) is -3.08. The Balaban J connectivity index is 1.27. The van der Waals surface area contributed by atoms with Crippen molar-refractivity contribution in [3.8, 4) is 5.75 Å². The van der Waals surface area contributed by atoms with Crippen LogP contribution in [0.2, 0.25) is 0 Å². The SMILES string of the molecule is CN=Nc1ccc(N=Nc2ccc(N=Nc3ccc(N=Nc4c(S(=O)(=O)O)cc5cc(C)ccc5c4O)cc3)cc2)cc1. The summed E-state index contributed by atoms with van der Waals surface area (Å²) >= 11 is 0. The molecule has 0 aliphatic heterocycles. The summed E-state index contributed by atoms with van der Waals surface area (Å²) in [6.45, 7) is 1.83. The number of aromatic hydroxyl groups is 1. The smallest absolute Gasteiger partial charge is 0.296 e. The van der Waals surface area contributed by atoms with Gasteiger partial charge >= 0.3 is 0 Å². The fourth-order valence-corrected chi connectivity index (χ4v) is 4.63. The van der Waals surface area contributed by atoms with Crippen molar-refractivity contribution in [2.45, 2.75) is 11.8 Å². The normalized spacial score (nSPS) is 12.4. The van der Waals surface area contributed by atoms with E-state index in [1.54, 1.807) is 98.0 Å². The number of hydrogen-bond acceptors (Lipinski definition) is 11. The van der Waals surface area contributed by atoms with Gasteiger partial charge in [0.2, 0.25) is 0 Å². The number of rotatable bonds is 8. The van der Waals surface area contributed by atoms with Crippen LogP contribution < -0.4 is 0 Å². The lowest BCUT2D eigenvalue weighted by atomic mass is 10.1. The molecule has 2 N–H and O–H groups in total. The second-order valence-electron chi connectivity index (χ2n) is 9.22. The molecule has 0 aliphatic rings. The van der Waals surface area contributed by atoms with Gasteiger partial charge in [0.25, 0.3) is 10.1 Å². The molecule has 0 atom stereocenters. The average Bonchev–Trinajstić information content (AvgIpc) is 3.00. The van der Waals surface area contributed by atoms with Gasteiger partial charge in [-0.2, -0.15) is 44.2 Å². The minimum Gasteiger partial charge on any atom is -0.505 e. The van der Waals surface area contributed by atoms with Crippen LogP contribution in [-0.4, -0.2) is 25.1 Å². The van der Waals surface area contributed by atoms with Crippen molar-refractivity contribution in [1.29, 1.82) is 0 Å². The molecule has 0 aliphatic carbocycles. The maximum atomic E-state index is 12.0. The quantitative estimate of drug-likeness (QED) is 0.135. The van der Waals surface area contributed by atoms with E-state index in [4.69, 9.17) is 0 Å². The number of fused-ring (bicyclic) bond motifs is 1. The Bertz CT molecular complexity index is 2010. The molecule has 43 heavy (non-hydrogen) atoms. The zero-order valence-electron chi connectivity index (χ0n) is 22.9. The predicted octanol–water partition coefficient (Wildman–Crippen LogP) is 10.1. The molecule has 0 bridgehead atoms. The maximum absolute atomic E-state index is 12.0. The van der Waals surface area contributed by atoms with Gasteiger partial charge in [0.15, 0.2) is 5.75 Å². The van der Waals surface area contributed by atoms with Gasteiger partial charge in [-0.25, -0.2) is 0 Å². The highest BCUT2D eigenvalue weighted by Gasteiger charge is 2.22. The van der Waals surface area contributed by atoms with Crippen molar-refractivity contribution >= 4 is 60.7 Å². The Morgan fingerprint density at radius 1 is 0.558 bits per heavy atom. The van der Waals surface area contributed by atoms with Crippen LogP contribution in [0.4, 0.5) is 39.8 Å². The Morgan fingerprint density at radius 2 is 0.953 bits per heavy atom. The highest BCUT2D eigenvalue weighted by Crippen LogP contribution is 2.41. The van der Waals surface area contributed by atoms with Gasteiger partial charge in [0.05, 0.1) is 34.1 Å². The second kappa shape index (κ2) is 12.5. The molecule has 0 saturated carbocycles. The predicted molar refractivity (Wildman–Crippen MR) is 162 cm³/mol. The molecule has 5 aromatic rings. The van der Waals surface area contributed by atoms with Crippen LogP contribution in [0.15, 0.2) is 143 Å². The van der Waals surface area contributed by atoms with Crippen LogP contribution in [0, 0.1) is 6.92 Å². The Hall–Kier alpha value is -5.53. The van der Waals surface area contributed by atoms with Crippen molar-refractivity contribution in [3.05, 3.63) is 103 Å². The molecule has 12 nitrogen and oxygen atoms in total. The monoisotopic (exact) mass is 592 g/mol. The molecule has 0 fully saturated rings. The Morgan fingerprint density at radius 3 is 1.35 bits per heavy atom. The van der Waals surface area contributed by atoms with Gasteiger partial charge in [-0.15, -0.1) is 5.11 Å². The minimum atomic E-state index is -4.69. The molecule has 5 rings (SSSR count). The zero-order chi connectivity index (χ0) is 30.4. The summed E-state index contributed by atoms with van der Waals surface area (Å²) in [5, 5.41) is 44.1. The molecule has 0 amide bonds. The summed E-state index contributed by atoms with van der Waals surface area (Å²) in [6, 6.07) is 27.1. The lowest BCUT2D eigenvalue weighted by Crippen LogP contribution is -1.99. The minimum absolute atomic E-state index is 0.359. The summed E-state index contributed by atoms with van der Waals surface area (Å²) in [4.78, 5) is -0.543. The van der Waals surface area contributed by atoms with Gasteiger partial charge in [0, 0.05) is 12.4 Å². The first-order valence-electron chi connectivity index (χ1n) is 12.8. The molecule has 13 heteroatoms. The first kappa shape index (κ1) is 29.0. The molecular weight excluding hydrogens is 568 g/mol. The molecule has 214 valence electrons. The first-order valence-corrected chi connectivity index (χ1v) is 14.2. The number of phenolic OH excluding ortho intramolecular Hbond substituents is 1. The van der Waals surface area contributed by atoms with Crippen molar-refractivity contribution in [2.75, 3.05) is 7.05 Å². The number of nitrogens with zero attached hydrogens (tertiary/aromatic N) is 8. The molecule has 0 radical (unpaired) electrons. The van der Waals surface area contributed by atoms with Gasteiger partial charge < -0.3 is 5.11 Å². The van der Waals surface area contributed by atoms with Crippen LogP contribution in [0.25, 0.3) is 10.8 Å². The first-order chi connectivity index (χ1) is 20.7. The van der Waals surface area contributed by atoms with Crippen molar-refractivity contribution in [2.24, 2.45) is 40.9 Å².